The Morgan fingerprint density at radius 3 is 3.05 bits per heavy atom. The molecular formula is C13H16ClN5O2. The molecule has 0 unspecified atom stereocenters. The summed E-state index contributed by atoms with van der Waals surface area (Å²) in [6.45, 7) is 2.43. The minimum Gasteiger partial charge on any atom is -0.371 e. The van der Waals surface area contributed by atoms with Crippen LogP contribution in [0, 0.1) is 12.8 Å². The van der Waals surface area contributed by atoms with E-state index in [-0.39, 0.29) is 17.9 Å². The minimum atomic E-state index is -0.319. The van der Waals surface area contributed by atoms with E-state index in [1.165, 1.54) is 0 Å². The van der Waals surface area contributed by atoms with Crippen LogP contribution < -0.4 is 5.32 Å². The van der Waals surface area contributed by atoms with Crippen molar-refractivity contribution in [3.8, 4) is 0 Å². The zero-order valence-corrected chi connectivity index (χ0v) is 12.3. The molecule has 0 bridgehead atoms. The van der Waals surface area contributed by atoms with Gasteiger partial charge in [0.15, 0.2) is 5.82 Å². The number of rotatable bonds is 3. The predicted molar refractivity (Wildman–Crippen MR) is 77.0 cm³/mol. The molecule has 3 rings (SSSR count). The Balaban J connectivity index is 1.77. The SMILES string of the molecule is Cc1[nH]nc(NC(=O)[C@@H]2CCCO[C@H]2c2ccn[nH]2)c1Cl. The van der Waals surface area contributed by atoms with Gasteiger partial charge in [-0.05, 0) is 25.8 Å². The summed E-state index contributed by atoms with van der Waals surface area (Å²) in [4.78, 5) is 12.5. The number of nitrogens with one attached hydrogen (secondary N) is 3. The van der Waals surface area contributed by atoms with Gasteiger partial charge in [0.1, 0.15) is 11.1 Å². The van der Waals surface area contributed by atoms with E-state index in [2.05, 4.69) is 25.7 Å². The van der Waals surface area contributed by atoms with E-state index in [1.807, 2.05) is 6.07 Å². The fourth-order valence-electron chi connectivity index (χ4n) is 2.49. The van der Waals surface area contributed by atoms with Crippen LogP contribution in [0.25, 0.3) is 0 Å². The van der Waals surface area contributed by atoms with Crippen molar-refractivity contribution < 1.29 is 9.53 Å². The molecule has 8 heteroatoms. The van der Waals surface area contributed by atoms with Crippen molar-refractivity contribution in [3.05, 3.63) is 28.7 Å². The van der Waals surface area contributed by atoms with Crippen LogP contribution >= 0.6 is 11.6 Å². The molecule has 112 valence electrons. The summed E-state index contributed by atoms with van der Waals surface area (Å²) in [6, 6.07) is 1.82. The maximum Gasteiger partial charge on any atom is 0.231 e. The van der Waals surface area contributed by atoms with Gasteiger partial charge in [-0.25, -0.2) is 0 Å². The molecule has 2 aromatic rings. The molecule has 0 aromatic carbocycles. The van der Waals surface area contributed by atoms with Crippen LogP contribution in [-0.4, -0.2) is 32.9 Å². The van der Waals surface area contributed by atoms with E-state index in [0.29, 0.717) is 17.4 Å². The molecule has 7 nitrogen and oxygen atoms in total. The third-order valence-electron chi connectivity index (χ3n) is 3.60. The summed E-state index contributed by atoms with van der Waals surface area (Å²) in [7, 11) is 0. The van der Waals surface area contributed by atoms with Crippen molar-refractivity contribution in [3.63, 3.8) is 0 Å². The van der Waals surface area contributed by atoms with Crippen LogP contribution in [0.5, 0.6) is 0 Å². The number of H-pyrrole nitrogens is 2. The number of carbonyl (C=O) groups excluding carboxylic acids is 1. The lowest BCUT2D eigenvalue weighted by Gasteiger charge is -2.29. The zero-order valence-electron chi connectivity index (χ0n) is 11.5. The van der Waals surface area contributed by atoms with Crippen LogP contribution in [0.1, 0.15) is 30.3 Å². The second kappa shape index (κ2) is 5.87. The molecule has 0 saturated carbocycles. The van der Waals surface area contributed by atoms with Crippen molar-refractivity contribution >= 4 is 23.3 Å². The summed E-state index contributed by atoms with van der Waals surface area (Å²) in [5, 5.41) is 16.7. The van der Waals surface area contributed by atoms with Gasteiger partial charge in [0.2, 0.25) is 5.91 Å². The summed E-state index contributed by atoms with van der Waals surface area (Å²) < 4.78 is 5.74. The van der Waals surface area contributed by atoms with Crippen molar-refractivity contribution in [1.29, 1.82) is 0 Å². The second-order valence-corrected chi connectivity index (χ2v) is 5.43. The van der Waals surface area contributed by atoms with Crippen molar-refractivity contribution in [2.24, 2.45) is 5.92 Å². The first-order valence-electron chi connectivity index (χ1n) is 6.79. The van der Waals surface area contributed by atoms with Crippen LogP contribution in [0.4, 0.5) is 5.82 Å². The molecule has 2 atom stereocenters. The van der Waals surface area contributed by atoms with Crippen LogP contribution in [0.2, 0.25) is 5.02 Å². The van der Waals surface area contributed by atoms with Crippen molar-refractivity contribution in [2.45, 2.75) is 25.9 Å². The Morgan fingerprint density at radius 2 is 2.38 bits per heavy atom. The lowest BCUT2D eigenvalue weighted by Crippen LogP contribution is -2.33. The maximum atomic E-state index is 12.5. The second-order valence-electron chi connectivity index (χ2n) is 5.05. The van der Waals surface area contributed by atoms with Gasteiger partial charge in [-0.2, -0.15) is 10.2 Å². The number of halogens is 1. The molecule has 1 aliphatic heterocycles. The fourth-order valence-corrected chi connectivity index (χ4v) is 2.62. The van der Waals surface area contributed by atoms with Gasteiger partial charge in [0.05, 0.1) is 17.3 Å². The number of anilines is 1. The maximum absolute atomic E-state index is 12.5. The first-order valence-corrected chi connectivity index (χ1v) is 7.17. The first-order chi connectivity index (χ1) is 10.2. The molecule has 0 aliphatic carbocycles. The van der Waals surface area contributed by atoms with E-state index in [1.54, 1.807) is 13.1 Å². The highest BCUT2D eigenvalue weighted by molar-refractivity contribution is 6.34. The Kier molecular flexibility index (Phi) is 3.94. The lowest BCUT2D eigenvalue weighted by molar-refractivity contribution is -0.129. The first kappa shape index (κ1) is 14.1. The molecule has 0 spiro atoms. The smallest absolute Gasteiger partial charge is 0.231 e. The Bertz CT molecular complexity index is 625. The predicted octanol–water partition coefficient (Wildman–Crippen LogP) is 2.20. The van der Waals surface area contributed by atoms with Crippen molar-refractivity contribution in [1.82, 2.24) is 20.4 Å². The zero-order chi connectivity index (χ0) is 14.8. The van der Waals surface area contributed by atoms with Gasteiger partial charge in [0.25, 0.3) is 0 Å². The van der Waals surface area contributed by atoms with E-state index in [4.69, 9.17) is 16.3 Å². The molecule has 1 aliphatic rings. The van der Waals surface area contributed by atoms with Gasteiger partial charge in [-0.1, -0.05) is 11.6 Å². The van der Waals surface area contributed by atoms with Crippen LogP contribution in [0.3, 0.4) is 0 Å². The average Bonchev–Trinajstić information content (AvgIpc) is 3.13. The summed E-state index contributed by atoms with van der Waals surface area (Å²) in [5.74, 6) is -0.0944. The third kappa shape index (κ3) is 2.79. The Morgan fingerprint density at radius 1 is 1.52 bits per heavy atom. The number of ether oxygens (including phenoxy) is 1. The number of aryl methyl sites for hydroxylation is 1. The van der Waals surface area contributed by atoms with Gasteiger partial charge in [0, 0.05) is 12.8 Å². The Labute approximate surface area is 126 Å². The highest BCUT2D eigenvalue weighted by Crippen LogP contribution is 2.34. The molecule has 3 N–H and O–H groups in total. The fraction of sp³-hybridized carbons (Fsp3) is 0.462. The number of amides is 1. The van der Waals surface area contributed by atoms with Gasteiger partial charge < -0.3 is 10.1 Å². The normalized spacial score (nSPS) is 22.2. The lowest BCUT2D eigenvalue weighted by atomic mass is 9.91. The van der Waals surface area contributed by atoms with Gasteiger partial charge in [-0.15, -0.1) is 0 Å². The molecule has 1 saturated heterocycles. The van der Waals surface area contributed by atoms with E-state index in [0.717, 1.165) is 24.2 Å². The molecule has 0 radical (unpaired) electrons. The summed E-state index contributed by atoms with van der Waals surface area (Å²) in [5.41, 5.74) is 1.52. The molecular weight excluding hydrogens is 294 g/mol. The van der Waals surface area contributed by atoms with Crippen LogP contribution in [0.15, 0.2) is 12.3 Å². The number of hydrogen-bond donors (Lipinski definition) is 3. The van der Waals surface area contributed by atoms with E-state index < -0.39 is 0 Å². The monoisotopic (exact) mass is 309 g/mol. The van der Waals surface area contributed by atoms with Gasteiger partial charge in [-0.3, -0.25) is 15.0 Å². The number of aromatic nitrogens is 4. The number of carbonyl (C=O) groups is 1. The largest absolute Gasteiger partial charge is 0.371 e. The number of aromatic amines is 2. The number of nitrogens with zero attached hydrogens (tertiary/aromatic N) is 2. The molecule has 1 fully saturated rings. The quantitative estimate of drug-likeness (QED) is 0.810. The highest BCUT2D eigenvalue weighted by atomic mass is 35.5. The average molecular weight is 310 g/mol. The van der Waals surface area contributed by atoms with E-state index >= 15 is 0 Å². The summed E-state index contributed by atoms with van der Waals surface area (Å²) >= 11 is 6.07. The molecule has 2 aromatic heterocycles. The van der Waals surface area contributed by atoms with E-state index in [9.17, 15) is 4.79 Å². The topological polar surface area (TPSA) is 95.7 Å². The minimum absolute atomic E-state index is 0.150. The standard InChI is InChI=1S/C13H16ClN5O2/c1-7-10(14)12(19-17-7)16-13(20)8-3-2-6-21-11(8)9-4-5-15-18-9/h4-5,8,11H,2-3,6H2,1H3,(H,15,18)(H2,16,17,19,20)/t8-,11-/m1/s1. The molecule has 3 heterocycles. The number of hydrogen-bond acceptors (Lipinski definition) is 4. The Hall–Kier alpha value is -1.86. The molecule has 21 heavy (non-hydrogen) atoms. The molecule has 1 amide bonds. The van der Waals surface area contributed by atoms with Crippen molar-refractivity contribution in [2.75, 3.05) is 11.9 Å². The van der Waals surface area contributed by atoms with Crippen LogP contribution in [-0.2, 0) is 9.53 Å². The highest BCUT2D eigenvalue weighted by Gasteiger charge is 2.34. The third-order valence-corrected chi connectivity index (χ3v) is 4.06. The summed E-state index contributed by atoms with van der Waals surface area (Å²) in [6.07, 6.45) is 2.92. The van der Waals surface area contributed by atoms with Gasteiger partial charge >= 0.3 is 0 Å².